The molecule has 3 heterocycles. The molecule has 2 aromatic heterocycles. The maximum absolute atomic E-state index is 6.14. The smallest absolute Gasteiger partial charge is 0.320 e. The van der Waals surface area contributed by atoms with Crippen molar-refractivity contribution < 1.29 is 14.2 Å². The molecule has 8 heteroatoms. The minimum atomic E-state index is -0.0224. The molecule has 29 heavy (non-hydrogen) atoms. The van der Waals surface area contributed by atoms with Gasteiger partial charge in [-0.15, -0.1) is 0 Å². The Balaban J connectivity index is 1.75. The topological polar surface area (TPSA) is 97.3 Å². The van der Waals surface area contributed by atoms with Crippen molar-refractivity contribution in [2.75, 3.05) is 19.5 Å². The van der Waals surface area contributed by atoms with Gasteiger partial charge in [-0.3, -0.25) is 4.57 Å². The first-order valence-electron chi connectivity index (χ1n) is 10.7. The van der Waals surface area contributed by atoms with Crippen LogP contribution in [0.2, 0.25) is 0 Å². The van der Waals surface area contributed by atoms with Gasteiger partial charge in [0.1, 0.15) is 0 Å². The van der Waals surface area contributed by atoms with Crippen molar-refractivity contribution in [2.45, 2.75) is 84.5 Å². The Bertz CT molecular complexity index is 820. The number of aromatic nitrogens is 4. The van der Waals surface area contributed by atoms with E-state index in [0.29, 0.717) is 34.9 Å². The van der Waals surface area contributed by atoms with E-state index in [-0.39, 0.29) is 11.7 Å². The van der Waals surface area contributed by atoms with E-state index in [1.54, 1.807) is 7.11 Å². The molecular formula is C21H35N5O3. The fourth-order valence-corrected chi connectivity index (χ4v) is 4.18. The molecule has 0 aliphatic carbocycles. The van der Waals surface area contributed by atoms with Gasteiger partial charge < -0.3 is 19.9 Å². The third-order valence-corrected chi connectivity index (χ3v) is 5.54. The lowest BCUT2D eigenvalue weighted by Crippen LogP contribution is -2.33. The fourth-order valence-electron chi connectivity index (χ4n) is 4.18. The number of nitrogen functional groups attached to an aromatic ring is 1. The van der Waals surface area contributed by atoms with Crippen LogP contribution in [0.1, 0.15) is 66.2 Å². The van der Waals surface area contributed by atoms with E-state index in [0.717, 1.165) is 51.7 Å². The van der Waals surface area contributed by atoms with Crippen molar-refractivity contribution in [3.8, 4) is 12.0 Å². The van der Waals surface area contributed by atoms with Crippen molar-refractivity contribution in [1.29, 1.82) is 0 Å². The molecule has 0 bridgehead atoms. The number of rotatable bonds is 9. The first kappa shape index (κ1) is 21.6. The molecular weight excluding hydrogens is 370 g/mol. The van der Waals surface area contributed by atoms with Crippen LogP contribution in [0.15, 0.2) is 0 Å². The quantitative estimate of drug-likeness (QED) is 0.674. The van der Waals surface area contributed by atoms with Crippen LogP contribution in [-0.2, 0) is 11.3 Å². The van der Waals surface area contributed by atoms with E-state index in [2.05, 4.69) is 35.7 Å². The van der Waals surface area contributed by atoms with Crippen LogP contribution in [0.25, 0.3) is 11.2 Å². The maximum Gasteiger partial charge on any atom is 0.320 e. The van der Waals surface area contributed by atoms with Crippen molar-refractivity contribution in [3.05, 3.63) is 0 Å². The summed E-state index contributed by atoms with van der Waals surface area (Å²) in [6.45, 7) is 10.1. The Kier molecular flexibility index (Phi) is 6.82. The van der Waals surface area contributed by atoms with Gasteiger partial charge in [-0.25, -0.2) is 0 Å². The first-order valence-corrected chi connectivity index (χ1v) is 10.7. The zero-order valence-electron chi connectivity index (χ0n) is 18.4. The highest BCUT2D eigenvalue weighted by Crippen LogP contribution is 2.32. The second-order valence-corrected chi connectivity index (χ2v) is 8.64. The molecule has 162 valence electrons. The number of nitrogens with two attached hydrogens (primary N) is 1. The Morgan fingerprint density at radius 1 is 1.31 bits per heavy atom. The van der Waals surface area contributed by atoms with Crippen LogP contribution < -0.4 is 15.2 Å². The average molecular weight is 406 g/mol. The summed E-state index contributed by atoms with van der Waals surface area (Å²) in [5.74, 6) is 0.991. The molecule has 2 aromatic rings. The van der Waals surface area contributed by atoms with E-state index in [4.69, 9.17) is 19.9 Å². The van der Waals surface area contributed by atoms with Gasteiger partial charge >= 0.3 is 6.01 Å². The summed E-state index contributed by atoms with van der Waals surface area (Å²) in [4.78, 5) is 13.4. The van der Waals surface area contributed by atoms with Crippen molar-refractivity contribution in [1.82, 2.24) is 19.5 Å². The van der Waals surface area contributed by atoms with E-state index in [9.17, 15) is 0 Å². The van der Waals surface area contributed by atoms with Crippen molar-refractivity contribution >= 4 is 17.0 Å². The SMILES string of the molecule is CCC[C@H](C)Oc1nc(N)c2nc(OC)n(CCCC3CCOC(C)(C)C3)c2n1. The molecule has 8 nitrogen and oxygen atoms in total. The Morgan fingerprint density at radius 2 is 2.10 bits per heavy atom. The molecule has 1 fully saturated rings. The second-order valence-electron chi connectivity index (χ2n) is 8.64. The minimum absolute atomic E-state index is 0.0224. The number of fused-ring (bicyclic) bond motifs is 1. The molecule has 2 N–H and O–H groups in total. The summed E-state index contributed by atoms with van der Waals surface area (Å²) >= 11 is 0. The van der Waals surface area contributed by atoms with Crippen LogP contribution in [0.3, 0.4) is 0 Å². The number of hydrogen-bond acceptors (Lipinski definition) is 7. The van der Waals surface area contributed by atoms with Crippen LogP contribution in [-0.4, -0.2) is 44.9 Å². The van der Waals surface area contributed by atoms with Gasteiger partial charge in [-0.05, 0) is 58.8 Å². The Hall–Kier alpha value is -2.09. The molecule has 1 unspecified atom stereocenters. The molecule has 2 atom stereocenters. The predicted octanol–water partition coefficient (Wildman–Crippen LogP) is 3.97. The van der Waals surface area contributed by atoms with Crippen LogP contribution in [0.4, 0.5) is 5.82 Å². The summed E-state index contributed by atoms with van der Waals surface area (Å²) in [7, 11) is 1.61. The van der Waals surface area contributed by atoms with Gasteiger partial charge in [0.05, 0.1) is 18.8 Å². The van der Waals surface area contributed by atoms with Crippen molar-refractivity contribution in [3.63, 3.8) is 0 Å². The monoisotopic (exact) mass is 405 g/mol. The summed E-state index contributed by atoms with van der Waals surface area (Å²) in [6, 6.07) is 0.804. The molecule has 1 aliphatic heterocycles. The molecule has 1 aliphatic rings. The number of aryl methyl sites for hydroxylation is 1. The number of methoxy groups -OCH3 is 1. The lowest BCUT2D eigenvalue weighted by molar-refractivity contribution is -0.0738. The van der Waals surface area contributed by atoms with E-state index in [1.807, 2.05) is 11.5 Å². The van der Waals surface area contributed by atoms with Gasteiger partial charge in [0.15, 0.2) is 17.0 Å². The Morgan fingerprint density at radius 3 is 2.79 bits per heavy atom. The molecule has 0 aromatic carbocycles. The van der Waals surface area contributed by atoms with E-state index >= 15 is 0 Å². The number of hydrogen-bond donors (Lipinski definition) is 1. The summed E-state index contributed by atoms with van der Waals surface area (Å²) in [6.07, 6.45) is 6.36. The van der Waals surface area contributed by atoms with Gasteiger partial charge in [0, 0.05) is 13.2 Å². The van der Waals surface area contributed by atoms with Crippen LogP contribution in [0.5, 0.6) is 12.0 Å². The van der Waals surface area contributed by atoms with E-state index in [1.165, 1.54) is 0 Å². The molecule has 0 spiro atoms. The highest BCUT2D eigenvalue weighted by Gasteiger charge is 2.28. The number of ether oxygens (including phenoxy) is 3. The molecule has 0 saturated carbocycles. The van der Waals surface area contributed by atoms with Gasteiger partial charge in [-0.2, -0.15) is 15.0 Å². The summed E-state index contributed by atoms with van der Waals surface area (Å²) in [5, 5.41) is 0. The molecule has 0 amide bonds. The normalized spacial score (nSPS) is 20.0. The largest absolute Gasteiger partial charge is 0.468 e. The lowest BCUT2D eigenvalue weighted by Gasteiger charge is -2.35. The maximum atomic E-state index is 6.14. The predicted molar refractivity (Wildman–Crippen MR) is 113 cm³/mol. The standard InChI is InChI=1S/C21H35N5O3/c1-6-8-14(2)29-19-24-17(22)16-18(25-19)26(20(23-16)27-5)11-7-9-15-10-12-28-21(3,4)13-15/h14-15H,6-13H2,1-5H3,(H2,22,24,25)/t14-,15?/m0/s1. The Labute approximate surface area is 173 Å². The number of anilines is 1. The zero-order valence-corrected chi connectivity index (χ0v) is 18.4. The lowest BCUT2D eigenvalue weighted by atomic mass is 9.85. The average Bonchev–Trinajstić information content (AvgIpc) is 2.99. The first-order chi connectivity index (χ1) is 13.8. The minimum Gasteiger partial charge on any atom is -0.468 e. The highest BCUT2D eigenvalue weighted by atomic mass is 16.5. The van der Waals surface area contributed by atoms with Crippen LogP contribution in [0, 0.1) is 5.92 Å². The summed E-state index contributed by atoms with van der Waals surface area (Å²) < 4.78 is 19.2. The highest BCUT2D eigenvalue weighted by molar-refractivity contribution is 5.83. The number of imidazole rings is 1. The second kappa shape index (κ2) is 9.15. The zero-order chi connectivity index (χ0) is 21.0. The third kappa shape index (κ3) is 5.29. The molecule has 3 rings (SSSR count). The van der Waals surface area contributed by atoms with Gasteiger partial charge in [-0.1, -0.05) is 13.3 Å². The van der Waals surface area contributed by atoms with Gasteiger partial charge in [0.2, 0.25) is 0 Å². The fraction of sp³-hybridized carbons (Fsp3) is 0.762. The van der Waals surface area contributed by atoms with Crippen LogP contribution >= 0.6 is 0 Å². The summed E-state index contributed by atoms with van der Waals surface area (Å²) in [5.41, 5.74) is 7.35. The van der Waals surface area contributed by atoms with Gasteiger partial charge in [0.25, 0.3) is 6.01 Å². The third-order valence-electron chi connectivity index (χ3n) is 5.54. The number of nitrogens with zero attached hydrogens (tertiary/aromatic N) is 4. The molecule has 0 radical (unpaired) electrons. The molecule has 1 saturated heterocycles. The van der Waals surface area contributed by atoms with Crippen molar-refractivity contribution in [2.24, 2.45) is 5.92 Å². The van der Waals surface area contributed by atoms with E-state index < -0.39 is 0 Å².